The van der Waals surface area contributed by atoms with Crippen molar-refractivity contribution >= 4 is 35.8 Å². The molecule has 1 fully saturated rings. The van der Waals surface area contributed by atoms with Crippen LogP contribution in [0.4, 0.5) is 0 Å². The van der Waals surface area contributed by atoms with Gasteiger partial charge in [-0.15, -0.1) is 24.0 Å². The molecule has 7 nitrogen and oxygen atoms in total. The summed E-state index contributed by atoms with van der Waals surface area (Å²) < 4.78 is 11.0. The lowest BCUT2D eigenvalue weighted by Crippen LogP contribution is -2.47. The van der Waals surface area contributed by atoms with Crippen LogP contribution in [0.2, 0.25) is 0 Å². The number of nitrogens with one attached hydrogen (secondary N) is 1. The van der Waals surface area contributed by atoms with Crippen LogP contribution in [0.1, 0.15) is 50.2 Å². The summed E-state index contributed by atoms with van der Waals surface area (Å²) in [7, 11) is 1.72. The van der Waals surface area contributed by atoms with Crippen LogP contribution in [-0.4, -0.2) is 80.8 Å². The second-order valence-electron chi connectivity index (χ2n) is 8.58. The Hall–Kier alpha value is -1.39. The monoisotopic (exact) mass is 572 g/mol. The Labute approximate surface area is 216 Å². The number of benzene rings is 1. The summed E-state index contributed by atoms with van der Waals surface area (Å²) >= 11 is 0. The molecule has 1 aromatic rings. The summed E-state index contributed by atoms with van der Waals surface area (Å²) in [6.45, 7) is 8.60. The lowest BCUT2D eigenvalue weighted by Gasteiger charge is -2.34. The molecule has 0 bridgehead atoms. The standard InChI is InChI=1S/C25H40N4O3.HI/c1-3-26-25(28-16-12-23(13-17-28)32-19-7-18-31-2)27-14-6-10-24(30)29-15-11-21-8-4-5-9-22(21)20-29;/h4-5,8-9,23H,3,6-7,10-20H2,1-2H3,(H,26,27);1H. The van der Waals surface area contributed by atoms with Crippen LogP contribution in [0.3, 0.4) is 0 Å². The smallest absolute Gasteiger partial charge is 0.222 e. The SMILES string of the molecule is CCNC(=NCCCC(=O)N1CCc2ccccc2C1)N1CCC(OCCCOC)CC1.I. The molecule has 33 heavy (non-hydrogen) atoms. The number of amides is 1. The van der Waals surface area contributed by atoms with E-state index in [1.165, 1.54) is 11.1 Å². The quantitative estimate of drug-likeness (QED) is 0.202. The van der Waals surface area contributed by atoms with Crippen molar-refractivity contribution in [2.45, 2.75) is 58.1 Å². The van der Waals surface area contributed by atoms with E-state index in [4.69, 9.17) is 14.5 Å². The molecule has 186 valence electrons. The van der Waals surface area contributed by atoms with E-state index in [1.54, 1.807) is 7.11 Å². The number of likely N-dealkylation sites (tertiary alicyclic amines) is 1. The molecular weight excluding hydrogens is 531 g/mol. The van der Waals surface area contributed by atoms with Crippen LogP contribution < -0.4 is 5.32 Å². The number of hydrogen-bond acceptors (Lipinski definition) is 4. The first-order valence-corrected chi connectivity index (χ1v) is 12.2. The molecule has 0 spiro atoms. The number of carbonyl (C=O) groups excluding carboxylic acids is 1. The van der Waals surface area contributed by atoms with Crippen molar-refractivity contribution < 1.29 is 14.3 Å². The van der Waals surface area contributed by atoms with Gasteiger partial charge in [0.25, 0.3) is 0 Å². The van der Waals surface area contributed by atoms with E-state index in [0.717, 1.165) is 84.0 Å². The number of rotatable bonds is 10. The molecule has 2 aliphatic heterocycles. The predicted molar refractivity (Wildman–Crippen MR) is 143 cm³/mol. The predicted octanol–water partition coefficient (Wildman–Crippen LogP) is 3.45. The van der Waals surface area contributed by atoms with E-state index >= 15 is 0 Å². The topological polar surface area (TPSA) is 66.4 Å². The second-order valence-corrected chi connectivity index (χ2v) is 8.58. The maximum absolute atomic E-state index is 12.7. The normalized spacial score (nSPS) is 16.8. The summed E-state index contributed by atoms with van der Waals surface area (Å²) in [4.78, 5) is 21.8. The zero-order chi connectivity index (χ0) is 22.6. The zero-order valence-electron chi connectivity index (χ0n) is 20.3. The maximum Gasteiger partial charge on any atom is 0.222 e. The van der Waals surface area contributed by atoms with Gasteiger partial charge in [-0.05, 0) is 50.2 Å². The highest BCUT2D eigenvalue weighted by Gasteiger charge is 2.22. The number of methoxy groups -OCH3 is 1. The first-order valence-electron chi connectivity index (χ1n) is 12.2. The van der Waals surface area contributed by atoms with Crippen molar-refractivity contribution in [2.24, 2.45) is 4.99 Å². The molecule has 1 amide bonds. The van der Waals surface area contributed by atoms with Gasteiger partial charge in [0.05, 0.1) is 6.10 Å². The molecule has 2 heterocycles. The lowest BCUT2D eigenvalue weighted by molar-refractivity contribution is -0.132. The van der Waals surface area contributed by atoms with Crippen molar-refractivity contribution in [1.82, 2.24) is 15.1 Å². The highest BCUT2D eigenvalue weighted by Crippen LogP contribution is 2.19. The average Bonchev–Trinajstić information content (AvgIpc) is 2.84. The molecule has 3 rings (SSSR count). The van der Waals surface area contributed by atoms with Crippen molar-refractivity contribution in [1.29, 1.82) is 0 Å². The van der Waals surface area contributed by atoms with E-state index in [0.29, 0.717) is 19.1 Å². The Balaban J connectivity index is 0.00000385. The number of carbonyl (C=O) groups is 1. The van der Waals surface area contributed by atoms with E-state index in [-0.39, 0.29) is 29.9 Å². The molecule has 0 radical (unpaired) electrons. The summed E-state index contributed by atoms with van der Waals surface area (Å²) in [5, 5.41) is 3.41. The first-order chi connectivity index (χ1) is 15.7. The fourth-order valence-corrected chi connectivity index (χ4v) is 4.40. The van der Waals surface area contributed by atoms with Crippen molar-refractivity contribution in [3.8, 4) is 0 Å². The summed E-state index contributed by atoms with van der Waals surface area (Å²) in [6, 6.07) is 8.44. The minimum atomic E-state index is 0. The average molecular weight is 573 g/mol. The van der Waals surface area contributed by atoms with Crippen LogP contribution in [0.5, 0.6) is 0 Å². The number of nitrogens with zero attached hydrogens (tertiary/aromatic N) is 3. The first kappa shape index (κ1) is 27.9. The minimum absolute atomic E-state index is 0. The van der Waals surface area contributed by atoms with Crippen molar-refractivity contribution in [3.63, 3.8) is 0 Å². The fourth-order valence-electron chi connectivity index (χ4n) is 4.40. The highest BCUT2D eigenvalue weighted by atomic mass is 127. The summed E-state index contributed by atoms with van der Waals surface area (Å²) in [6.07, 6.45) is 5.62. The molecule has 2 aliphatic rings. The molecule has 0 atom stereocenters. The number of piperidine rings is 1. The van der Waals surface area contributed by atoms with Gasteiger partial charge < -0.3 is 24.6 Å². The summed E-state index contributed by atoms with van der Waals surface area (Å²) in [5.41, 5.74) is 2.66. The van der Waals surface area contributed by atoms with Crippen LogP contribution in [-0.2, 0) is 27.2 Å². The van der Waals surface area contributed by atoms with Crippen LogP contribution in [0.25, 0.3) is 0 Å². The van der Waals surface area contributed by atoms with E-state index in [9.17, 15) is 4.79 Å². The van der Waals surface area contributed by atoms with Crippen LogP contribution >= 0.6 is 24.0 Å². The van der Waals surface area contributed by atoms with Gasteiger partial charge in [-0.25, -0.2) is 0 Å². The Morgan fingerprint density at radius 1 is 1.09 bits per heavy atom. The molecule has 1 aromatic carbocycles. The lowest BCUT2D eigenvalue weighted by atomic mass is 9.99. The molecule has 1 N–H and O–H groups in total. The van der Waals surface area contributed by atoms with Crippen molar-refractivity contribution in [2.75, 3.05) is 53.0 Å². The molecule has 0 unspecified atom stereocenters. The number of hydrogen-bond donors (Lipinski definition) is 1. The number of fused-ring (bicyclic) bond motifs is 1. The fraction of sp³-hybridized carbons (Fsp3) is 0.680. The minimum Gasteiger partial charge on any atom is -0.385 e. The van der Waals surface area contributed by atoms with Crippen LogP contribution in [0, 0.1) is 0 Å². The van der Waals surface area contributed by atoms with E-state index < -0.39 is 0 Å². The number of ether oxygens (including phenoxy) is 2. The third-order valence-corrected chi connectivity index (χ3v) is 6.22. The van der Waals surface area contributed by atoms with Gasteiger partial charge in [0.1, 0.15) is 0 Å². The molecular formula is C25H41IN4O3. The largest absolute Gasteiger partial charge is 0.385 e. The van der Waals surface area contributed by atoms with E-state index in [2.05, 4.69) is 41.4 Å². The van der Waals surface area contributed by atoms with Gasteiger partial charge in [-0.3, -0.25) is 9.79 Å². The van der Waals surface area contributed by atoms with Gasteiger partial charge in [0, 0.05) is 66.0 Å². The maximum atomic E-state index is 12.7. The van der Waals surface area contributed by atoms with Gasteiger partial charge in [-0.1, -0.05) is 24.3 Å². The van der Waals surface area contributed by atoms with Gasteiger partial charge >= 0.3 is 0 Å². The third kappa shape index (κ3) is 9.05. The molecule has 0 saturated carbocycles. The molecule has 0 aliphatic carbocycles. The number of halogens is 1. The highest BCUT2D eigenvalue weighted by molar-refractivity contribution is 14.0. The van der Waals surface area contributed by atoms with E-state index in [1.807, 2.05) is 4.90 Å². The molecule has 8 heteroatoms. The van der Waals surface area contributed by atoms with Gasteiger partial charge in [-0.2, -0.15) is 0 Å². The summed E-state index contributed by atoms with van der Waals surface area (Å²) in [5.74, 6) is 1.20. The Morgan fingerprint density at radius 2 is 1.85 bits per heavy atom. The van der Waals surface area contributed by atoms with Gasteiger partial charge in [0.15, 0.2) is 5.96 Å². The number of guanidine groups is 1. The van der Waals surface area contributed by atoms with Gasteiger partial charge in [0.2, 0.25) is 5.91 Å². The molecule has 1 saturated heterocycles. The second kappa shape index (κ2) is 15.5. The third-order valence-electron chi connectivity index (χ3n) is 6.22. The zero-order valence-corrected chi connectivity index (χ0v) is 22.6. The van der Waals surface area contributed by atoms with Crippen molar-refractivity contribution in [3.05, 3.63) is 35.4 Å². The van der Waals surface area contributed by atoms with Crippen LogP contribution in [0.15, 0.2) is 29.3 Å². The Bertz CT molecular complexity index is 738. The molecule has 0 aromatic heterocycles. The Morgan fingerprint density at radius 3 is 2.58 bits per heavy atom. The Kier molecular flexibility index (Phi) is 13.1. The number of aliphatic imine (C=N–C) groups is 1.